The SMILES string of the molecule is COc1cc(N)c(N(C)Cc2cccc(C)c2)cc1OC. The summed E-state index contributed by atoms with van der Waals surface area (Å²) in [5.74, 6) is 1.32. The Bertz CT molecular complexity index is 626. The van der Waals surface area contributed by atoms with E-state index in [1.165, 1.54) is 11.1 Å². The van der Waals surface area contributed by atoms with Gasteiger partial charge in [-0.2, -0.15) is 0 Å². The number of nitrogens with two attached hydrogens (primary N) is 1. The van der Waals surface area contributed by atoms with E-state index in [1.54, 1.807) is 20.3 Å². The van der Waals surface area contributed by atoms with Gasteiger partial charge in [-0.3, -0.25) is 0 Å². The lowest BCUT2D eigenvalue weighted by atomic mass is 10.1. The molecule has 0 aromatic heterocycles. The van der Waals surface area contributed by atoms with E-state index in [9.17, 15) is 0 Å². The van der Waals surface area contributed by atoms with Gasteiger partial charge in [0.1, 0.15) is 0 Å². The highest BCUT2D eigenvalue weighted by atomic mass is 16.5. The van der Waals surface area contributed by atoms with Crippen LogP contribution < -0.4 is 20.1 Å². The van der Waals surface area contributed by atoms with Crippen molar-refractivity contribution < 1.29 is 9.47 Å². The molecule has 0 saturated carbocycles. The maximum Gasteiger partial charge on any atom is 0.162 e. The molecule has 2 rings (SSSR count). The Morgan fingerprint density at radius 3 is 2.33 bits per heavy atom. The largest absolute Gasteiger partial charge is 0.493 e. The van der Waals surface area contributed by atoms with Crippen molar-refractivity contribution in [1.29, 1.82) is 0 Å². The fourth-order valence-electron chi connectivity index (χ4n) is 2.38. The van der Waals surface area contributed by atoms with E-state index in [0.29, 0.717) is 17.2 Å². The number of rotatable bonds is 5. The molecule has 4 heteroatoms. The van der Waals surface area contributed by atoms with Crippen LogP contribution in [0.5, 0.6) is 11.5 Å². The van der Waals surface area contributed by atoms with Crippen LogP contribution in [0, 0.1) is 6.92 Å². The van der Waals surface area contributed by atoms with E-state index >= 15 is 0 Å². The maximum absolute atomic E-state index is 6.13. The average molecular weight is 286 g/mol. The first-order valence-electron chi connectivity index (χ1n) is 6.83. The second-order valence-corrected chi connectivity index (χ2v) is 5.11. The molecule has 0 bridgehead atoms. The molecule has 21 heavy (non-hydrogen) atoms. The van der Waals surface area contributed by atoms with Crippen molar-refractivity contribution in [3.8, 4) is 11.5 Å². The van der Waals surface area contributed by atoms with Crippen LogP contribution >= 0.6 is 0 Å². The lowest BCUT2D eigenvalue weighted by Crippen LogP contribution is -2.18. The average Bonchev–Trinajstić information content (AvgIpc) is 2.46. The van der Waals surface area contributed by atoms with Crippen LogP contribution in [0.4, 0.5) is 11.4 Å². The Hall–Kier alpha value is -2.36. The molecule has 0 amide bonds. The Balaban J connectivity index is 2.28. The zero-order valence-corrected chi connectivity index (χ0v) is 13.0. The molecule has 0 heterocycles. The molecule has 2 aromatic carbocycles. The molecule has 0 aliphatic rings. The fourth-order valence-corrected chi connectivity index (χ4v) is 2.38. The second kappa shape index (κ2) is 6.39. The van der Waals surface area contributed by atoms with Crippen LogP contribution in [-0.4, -0.2) is 21.3 Å². The summed E-state index contributed by atoms with van der Waals surface area (Å²) < 4.78 is 10.6. The first kappa shape index (κ1) is 15.0. The lowest BCUT2D eigenvalue weighted by Gasteiger charge is -2.23. The molecular formula is C17H22N2O2. The van der Waals surface area contributed by atoms with E-state index in [0.717, 1.165) is 12.2 Å². The van der Waals surface area contributed by atoms with E-state index < -0.39 is 0 Å². The zero-order valence-electron chi connectivity index (χ0n) is 13.0. The molecule has 2 aromatic rings. The Labute approximate surface area is 126 Å². The van der Waals surface area contributed by atoms with Crippen LogP contribution in [0.25, 0.3) is 0 Å². The summed E-state index contributed by atoms with van der Waals surface area (Å²) in [7, 11) is 5.24. The second-order valence-electron chi connectivity index (χ2n) is 5.11. The monoisotopic (exact) mass is 286 g/mol. The van der Waals surface area contributed by atoms with Gasteiger partial charge in [-0.15, -0.1) is 0 Å². The number of ether oxygens (including phenoxy) is 2. The van der Waals surface area contributed by atoms with Gasteiger partial charge in [-0.05, 0) is 12.5 Å². The van der Waals surface area contributed by atoms with Crippen molar-refractivity contribution in [3.63, 3.8) is 0 Å². The zero-order chi connectivity index (χ0) is 15.4. The van der Waals surface area contributed by atoms with Crippen molar-refractivity contribution in [2.24, 2.45) is 0 Å². The molecule has 0 fully saturated rings. The molecule has 0 atom stereocenters. The smallest absolute Gasteiger partial charge is 0.162 e. The molecular weight excluding hydrogens is 264 g/mol. The van der Waals surface area contributed by atoms with Gasteiger partial charge >= 0.3 is 0 Å². The third-order valence-corrected chi connectivity index (χ3v) is 3.45. The van der Waals surface area contributed by atoms with Crippen molar-refractivity contribution in [2.45, 2.75) is 13.5 Å². The van der Waals surface area contributed by atoms with Gasteiger partial charge in [0, 0.05) is 25.7 Å². The molecule has 0 unspecified atom stereocenters. The van der Waals surface area contributed by atoms with Crippen LogP contribution in [-0.2, 0) is 6.54 Å². The quantitative estimate of drug-likeness (QED) is 0.857. The minimum atomic E-state index is 0.641. The summed E-state index contributed by atoms with van der Waals surface area (Å²) in [5.41, 5.74) is 10.2. The first-order chi connectivity index (χ1) is 10.0. The van der Waals surface area contributed by atoms with E-state index in [4.69, 9.17) is 15.2 Å². The predicted molar refractivity (Wildman–Crippen MR) is 87.2 cm³/mol. The highest BCUT2D eigenvalue weighted by molar-refractivity contribution is 5.73. The summed E-state index contributed by atoms with van der Waals surface area (Å²) in [6.45, 7) is 2.87. The molecule has 4 nitrogen and oxygen atoms in total. The van der Waals surface area contributed by atoms with Gasteiger partial charge in [0.15, 0.2) is 11.5 Å². The summed E-state index contributed by atoms with van der Waals surface area (Å²) in [4.78, 5) is 2.10. The molecule has 0 spiro atoms. The molecule has 0 aliphatic carbocycles. The van der Waals surface area contributed by atoms with Crippen LogP contribution in [0.15, 0.2) is 36.4 Å². The highest BCUT2D eigenvalue weighted by Crippen LogP contribution is 2.36. The van der Waals surface area contributed by atoms with Crippen LogP contribution in [0.2, 0.25) is 0 Å². The number of methoxy groups -OCH3 is 2. The summed E-state index contributed by atoms with van der Waals surface area (Å²) in [5, 5.41) is 0. The van der Waals surface area contributed by atoms with Gasteiger partial charge in [0.2, 0.25) is 0 Å². The van der Waals surface area contributed by atoms with Crippen LogP contribution in [0.1, 0.15) is 11.1 Å². The molecule has 0 saturated heterocycles. The predicted octanol–water partition coefficient (Wildman–Crippen LogP) is 3.23. The third-order valence-electron chi connectivity index (χ3n) is 3.45. The summed E-state index contributed by atoms with van der Waals surface area (Å²) in [6, 6.07) is 12.1. The number of hydrogen-bond donors (Lipinski definition) is 1. The first-order valence-corrected chi connectivity index (χ1v) is 6.83. The Kier molecular flexibility index (Phi) is 4.58. The minimum Gasteiger partial charge on any atom is -0.493 e. The number of aryl methyl sites for hydroxylation is 1. The maximum atomic E-state index is 6.13. The number of nitrogens with zero attached hydrogens (tertiary/aromatic N) is 1. The molecule has 0 aliphatic heterocycles. The normalized spacial score (nSPS) is 10.3. The van der Waals surface area contributed by atoms with Crippen molar-refractivity contribution in [1.82, 2.24) is 0 Å². The highest BCUT2D eigenvalue weighted by Gasteiger charge is 2.12. The van der Waals surface area contributed by atoms with Gasteiger partial charge in [-0.1, -0.05) is 29.8 Å². The molecule has 112 valence electrons. The molecule has 2 N–H and O–H groups in total. The van der Waals surface area contributed by atoms with E-state index in [1.807, 2.05) is 13.1 Å². The van der Waals surface area contributed by atoms with Crippen LogP contribution in [0.3, 0.4) is 0 Å². The van der Waals surface area contributed by atoms with E-state index in [-0.39, 0.29) is 0 Å². The lowest BCUT2D eigenvalue weighted by molar-refractivity contribution is 0.355. The third kappa shape index (κ3) is 3.40. The van der Waals surface area contributed by atoms with E-state index in [2.05, 4.69) is 36.1 Å². The summed E-state index contributed by atoms with van der Waals surface area (Å²) >= 11 is 0. The number of nitrogen functional groups attached to an aromatic ring is 1. The van der Waals surface area contributed by atoms with Gasteiger partial charge in [-0.25, -0.2) is 0 Å². The summed E-state index contributed by atoms with van der Waals surface area (Å²) in [6.07, 6.45) is 0. The number of anilines is 2. The Morgan fingerprint density at radius 1 is 1.05 bits per heavy atom. The minimum absolute atomic E-state index is 0.641. The topological polar surface area (TPSA) is 47.7 Å². The standard InChI is InChI=1S/C17H22N2O2/c1-12-6-5-7-13(8-12)11-19(2)15-10-17(21-4)16(20-3)9-14(15)18/h5-10H,11,18H2,1-4H3. The number of benzene rings is 2. The van der Waals surface area contributed by atoms with Crippen molar-refractivity contribution in [2.75, 3.05) is 31.9 Å². The fraction of sp³-hybridized carbons (Fsp3) is 0.294. The molecule has 0 radical (unpaired) electrons. The van der Waals surface area contributed by atoms with Crippen molar-refractivity contribution in [3.05, 3.63) is 47.5 Å². The number of hydrogen-bond acceptors (Lipinski definition) is 4. The van der Waals surface area contributed by atoms with Gasteiger partial charge < -0.3 is 20.1 Å². The van der Waals surface area contributed by atoms with Crippen molar-refractivity contribution >= 4 is 11.4 Å². The van der Waals surface area contributed by atoms with Gasteiger partial charge in [0.25, 0.3) is 0 Å². The Morgan fingerprint density at radius 2 is 1.71 bits per heavy atom. The van der Waals surface area contributed by atoms with Gasteiger partial charge in [0.05, 0.1) is 25.6 Å².